The highest BCUT2D eigenvalue weighted by molar-refractivity contribution is 6.00. The topological polar surface area (TPSA) is 9.72 Å². The quantitative estimate of drug-likeness (QED) is 0.0848. The predicted octanol–water partition coefficient (Wildman–Crippen LogP) is 37.7. The van der Waals surface area contributed by atoms with Crippen LogP contribution in [0.5, 0.6) is 0 Å². The molecule has 648 valence electrons. The van der Waals surface area contributed by atoms with Crippen LogP contribution in [0, 0.1) is 0 Å². The Hall–Kier alpha value is -16.7. The zero-order valence-electron chi connectivity index (χ0n) is 77.1. The van der Waals surface area contributed by atoms with E-state index in [4.69, 9.17) is 0 Å². The first-order chi connectivity index (χ1) is 66.2. The molecule has 0 unspecified atom stereocenters. The van der Waals surface area contributed by atoms with Crippen molar-refractivity contribution in [3.63, 3.8) is 0 Å². The van der Waals surface area contributed by atoms with Gasteiger partial charge < -0.3 is 14.7 Å². The summed E-state index contributed by atoms with van der Waals surface area (Å²) < 4.78 is 0. The van der Waals surface area contributed by atoms with E-state index in [1.54, 1.807) is 0 Å². The average molecular weight is 1730 g/mol. The summed E-state index contributed by atoms with van der Waals surface area (Å²) in [6, 6.07) is 190. The molecule has 0 saturated heterocycles. The van der Waals surface area contributed by atoms with Crippen LogP contribution in [-0.4, -0.2) is 0 Å². The fourth-order valence-electron chi connectivity index (χ4n) is 18.6. The normalized spacial score (nSPS) is 11.3. The Labute approximate surface area is 794 Å². The maximum atomic E-state index is 2.35. The Morgan fingerprint density at radius 3 is 0.652 bits per heavy atom. The minimum Gasteiger partial charge on any atom is -0.311 e. The molecular formula is C132H105N3. The van der Waals surface area contributed by atoms with Crippen molar-refractivity contribution in [2.75, 3.05) is 14.7 Å². The minimum absolute atomic E-state index is 0.116. The predicted molar refractivity (Wildman–Crippen MR) is 580 cm³/mol. The van der Waals surface area contributed by atoms with Gasteiger partial charge in [0.25, 0.3) is 0 Å². The zero-order valence-corrected chi connectivity index (χ0v) is 77.1. The summed E-state index contributed by atoms with van der Waals surface area (Å²) in [5, 5.41) is 10.1. The number of rotatable bonds is 18. The molecule has 135 heavy (non-hydrogen) atoms. The molecule has 0 aromatic heterocycles. The molecule has 22 aromatic carbocycles. The molecule has 0 radical (unpaired) electrons. The molecule has 0 aliphatic carbocycles. The molecule has 0 amide bonds. The van der Waals surface area contributed by atoms with Crippen molar-refractivity contribution >= 4 is 94.3 Å². The van der Waals surface area contributed by atoms with Gasteiger partial charge in [-0.05, 0) is 287 Å². The monoisotopic (exact) mass is 1730 g/mol. The van der Waals surface area contributed by atoms with Crippen LogP contribution in [0.2, 0.25) is 0 Å². The summed E-state index contributed by atoms with van der Waals surface area (Å²) in [7, 11) is 0. The van der Waals surface area contributed by atoms with E-state index in [-0.39, 0.29) is 10.8 Å². The molecule has 0 N–H and O–H groups in total. The lowest BCUT2D eigenvalue weighted by Crippen LogP contribution is -2.10. The van der Waals surface area contributed by atoms with Crippen LogP contribution in [-0.2, 0) is 10.8 Å². The Balaban J connectivity index is 0.000000127. The molecule has 0 fully saturated rings. The van der Waals surface area contributed by atoms with E-state index >= 15 is 0 Å². The van der Waals surface area contributed by atoms with Gasteiger partial charge in [-0.25, -0.2) is 0 Å². The number of hydrogen-bond donors (Lipinski definition) is 0. The Bertz CT molecular complexity index is 7820. The second kappa shape index (κ2) is 38.8. The van der Waals surface area contributed by atoms with Crippen LogP contribution >= 0.6 is 0 Å². The highest BCUT2D eigenvalue weighted by Gasteiger charge is 2.22. The fraction of sp³-hybridized carbons (Fsp3) is 0.0606. The smallest absolute Gasteiger partial charge is 0.0462 e. The maximum Gasteiger partial charge on any atom is 0.0462 e. The summed E-state index contributed by atoms with van der Waals surface area (Å²) in [5.41, 5.74) is 35.1. The molecule has 0 bridgehead atoms. The van der Waals surface area contributed by atoms with Crippen LogP contribution in [0.3, 0.4) is 0 Å². The third-order valence-electron chi connectivity index (χ3n) is 25.9. The highest BCUT2D eigenvalue weighted by atomic mass is 15.2. The fourth-order valence-corrected chi connectivity index (χ4v) is 18.6. The van der Waals surface area contributed by atoms with Crippen molar-refractivity contribution in [2.24, 2.45) is 0 Å². The van der Waals surface area contributed by atoms with Gasteiger partial charge >= 0.3 is 0 Å². The van der Waals surface area contributed by atoms with Gasteiger partial charge in [0.05, 0.1) is 0 Å². The first-order valence-corrected chi connectivity index (χ1v) is 46.8. The van der Waals surface area contributed by atoms with Crippen molar-refractivity contribution in [1.82, 2.24) is 0 Å². The van der Waals surface area contributed by atoms with Gasteiger partial charge in [0, 0.05) is 51.2 Å². The van der Waals surface area contributed by atoms with E-state index in [0.29, 0.717) is 0 Å². The van der Waals surface area contributed by atoms with Gasteiger partial charge in [-0.2, -0.15) is 0 Å². The maximum absolute atomic E-state index is 2.35. The third kappa shape index (κ3) is 19.3. The van der Waals surface area contributed by atoms with Crippen LogP contribution in [0.1, 0.15) is 52.7 Å². The van der Waals surface area contributed by atoms with Crippen molar-refractivity contribution in [3.05, 3.63) is 539 Å². The molecule has 22 aromatic rings. The number of fused-ring (bicyclic) bond motifs is 4. The SMILES string of the molecule is CC(C)(C)c1cccc(-c2ccc(N(c3ccccc3)c3ccc(-c4ccc(-c5cccc6ccccc56)cc4)cc3)cc2)c1.CC(C)(C)c1cccc(-c2ccc(N(c3ccccc3)c3ccc(-c4cccc5ccccc45)cc3)cc2)c1.c1ccc(-c2cccc(-c3ccc(N(c4ccc(-c5ccc6ccccc6c5)cc4)c4ccc(-c5cccc6ccccc56)cc4)cc3)c2)cc1. The molecule has 0 atom stereocenters. The van der Waals surface area contributed by atoms with Gasteiger partial charge in [-0.3, -0.25) is 0 Å². The number of nitrogens with zero attached hydrogens (tertiary/aromatic N) is 3. The zero-order chi connectivity index (χ0) is 91.6. The van der Waals surface area contributed by atoms with Crippen molar-refractivity contribution in [3.8, 4) is 100 Å². The summed E-state index contributed by atoms with van der Waals surface area (Å²) >= 11 is 0. The average Bonchev–Trinajstić information content (AvgIpc) is 0.791. The number of para-hydroxylation sites is 2. The van der Waals surface area contributed by atoms with Crippen LogP contribution < -0.4 is 14.7 Å². The van der Waals surface area contributed by atoms with E-state index in [0.717, 1.165) is 51.2 Å². The molecule has 0 spiro atoms. The first kappa shape index (κ1) is 86.3. The largest absolute Gasteiger partial charge is 0.311 e. The van der Waals surface area contributed by atoms with Gasteiger partial charge in [0.15, 0.2) is 0 Å². The van der Waals surface area contributed by atoms with E-state index in [9.17, 15) is 0 Å². The van der Waals surface area contributed by atoms with E-state index in [2.05, 4.69) is 584 Å². The Morgan fingerprint density at radius 2 is 0.326 bits per heavy atom. The highest BCUT2D eigenvalue weighted by Crippen LogP contribution is 2.45. The number of hydrogen-bond acceptors (Lipinski definition) is 3. The molecule has 3 nitrogen and oxygen atoms in total. The van der Waals surface area contributed by atoms with Gasteiger partial charge in [-0.15, -0.1) is 0 Å². The van der Waals surface area contributed by atoms with E-state index < -0.39 is 0 Å². The summed E-state index contributed by atoms with van der Waals surface area (Å²) in [6.45, 7) is 13.6. The van der Waals surface area contributed by atoms with Crippen molar-refractivity contribution < 1.29 is 0 Å². The second-order valence-electron chi connectivity index (χ2n) is 36.8. The van der Waals surface area contributed by atoms with E-state index in [1.165, 1.54) is 154 Å². The van der Waals surface area contributed by atoms with E-state index in [1.807, 2.05) is 0 Å². The Morgan fingerprint density at radius 1 is 0.126 bits per heavy atom. The summed E-state index contributed by atoms with van der Waals surface area (Å²) in [4.78, 5) is 6.99. The molecule has 0 aliphatic heterocycles. The minimum atomic E-state index is 0.116. The number of anilines is 9. The lowest BCUT2D eigenvalue weighted by Gasteiger charge is -2.26. The summed E-state index contributed by atoms with van der Waals surface area (Å²) in [6.07, 6.45) is 0. The number of benzene rings is 22. The van der Waals surface area contributed by atoms with Crippen LogP contribution in [0.25, 0.3) is 143 Å². The van der Waals surface area contributed by atoms with Crippen molar-refractivity contribution in [2.45, 2.75) is 52.4 Å². The van der Waals surface area contributed by atoms with Crippen LogP contribution in [0.4, 0.5) is 51.2 Å². The van der Waals surface area contributed by atoms with Crippen molar-refractivity contribution in [1.29, 1.82) is 0 Å². The summed E-state index contributed by atoms with van der Waals surface area (Å²) in [5.74, 6) is 0. The molecule has 3 heteroatoms. The van der Waals surface area contributed by atoms with Crippen LogP contribution in [0.15, 0.2) is 528 Å². The first-order valence-electron chi connectivity index (χ1n) is 46.8. The van der Waals surface area contributed by atoms with Gasteiger partial charge in [0.2, 0.25) is 0 Å². The molecular weight excluding hydrogens is 1630 g/mol. The molecule has 0 saturated carbocycles. The molecule has 22 rings (SSSR count). The van der Waals surface area contributed by atoms with Gasteiger partial charge in [0.1, 0.15) is 0 Å². The van der Waals surface area contributed by atoms with Gasteiger partial charge in [-0.1, -0.05) is 448 Å². The molecule has 0 aliphatic rings. The standard InChI is InChI=1S/C50H35N.C44H37N.C38H33N/c1-2-10-36(11-3-1)43-16-8-17-44(34-43)38-22-28-46(29-23-38)51(47-30-24-39(25-31-47)45-21-20-37-12-4-5-14-42(37)35-45)48-32-26-41(27-33-48)50-19-9-15-40-13-6-7-18-49(40)50;1-44(2,3)38-14-9-13-37(31-38)34-25-29-41(30-26-34)45(39-15-5-4-6-16-39)40-27-23-33(24-28-40)32-19-21-36(22-20-32)43-18-10-12-35-11-7-8-17-42(35)43;1-38(2,3)32-14-9-13-31(27-32)28-19-23-34(24-20-28)39(33-15-5-4-6-16-33)35-25-21-30(22-26-35)37-18-10-12-29-11-7-8-17-36(29)37/h1-35H;4-31H,1-3H3;4-27H,1-3H3. The lowest BCUT2D eigenvalue weighted by molar-refractivity contribution is 0.590. The molecule has 0 heterocycles. The Kier molecular flexibility index (Phi) is 24.8. The lowest BCUT2D eigenvalue weighted by atomic mass is 9.85. The third-order valence-corrected chi connectivity index (χ3v) is 25.9. The second-order valence-corrected chi connectivity index (χ2v) is 36.8.